The molecule has 3 heteroatoms. The number of esters is 1. The number of hydrogen-bond acceptors (Lipinski definition) is 3. The lowest BCUT2D eigenvalue weighted by molar-refractivity contribution is -0.154. The molecule has 2 atom stereocenters. The molecular weight excluding hydrogens is 180 g/mol. The van der Waals surface area contributed by atoms with Crippen LogP contribution in [0.2, 0.25) is 0 Å². The average molecular weight is 198 g/mol. The van der Waals surface area contributed by atoms with Gasteiger partial charge in [0.15, 0.2) is 0 Å². The molecule has 1 rings (SSSR count). The summed E-state index contributed by atoms with van der Waals surface area (Å²) in [5, 5.41) is 0. The lowest BCUT2D eigenvalue weighted by atomic mass is 9.95. The number of Topliss-reactive ketones (excluding diaryl/α,β-unsaturated/α-hetero) is 1. The average Bonchev–Trinajstić information content (AvgIpc) is 2.80. The van der Waals surface area contributed by atoms with E-state index in [4.69, 9.17) is 4.74 Å². The van der Waals surface area contributed by atoms with E-state index in [1.807, 2.05) is 13.8 Å². The van der Waals surface area contributed by atoms with Crippen LogP contribution in [0.3, 0.4) is 0 Å². The molecule has 0 N–H and O–H groups in total. The third-order valence-corrected chi connectivity index (χ3v) is 2.92. The maximum Gasteiger partial charge on any atom is 0.319 e. The van der Waals surface area contributed by atoms with Crippen LogP contribution in [0.4, 0.5) is 0 Å². The van der Waals surface area contributed by atoms with E-state index in [-0.39, 0.29) is 17.7 Å². The smallest absolute Gasteiger partial charge is 0.319 e. The first-order chi connectivity index (χ1) is 6.59. The molecule has 0 aromatic rings. The van der Waals surface area contributed by atoms with Crippen LogP contribution >= 0.6 is 0 Å². The van der Waals surface area contributed by atoms with Gasteiger partial charge in [0.2, 0.25) is 0 Å². The maximum atomic E-state index is 11.8. The van der Waals surface area contributed by atoms with Crippen molar-refractivity contribution in [2.24, 2.45) is 11.3 Å². The van der Waals surface area contributed by atoms with Gasteiger partial charge in [0, 0.05) is 6.42 Å². The minimum absolute atomic E-state index is 0.0611. The minimum atomic E-state index is -0.772. The molecule has 0 radical (unpaired) electrons. The van der Waals surface area contributed by atoms with Crippen LogP contribution < -0.4 is 0 Å². The second kappa shape index (κ2) is 4.11. The minimum Gasteiger partial charge on any atom is -0.465 e. The predicted octanol–water partition coefficient (Wildman–Crippen LogP) is 1.94. The SMILES string of the molecule is CCCC(=O)C1(C(=O)OCC)CC1C. The Kier molecular flexibility index (Phi) is 3.29. The van der Waals surface area contributed by atoms with Crippen molar-refractivity contribution in [2.45, 2.75) is 40.0 Å². The van der Waals surface area contributed by atoms with Crippen molar-refractivity contribution in [1.82, 2.24) is 0 Å². The molecule has 0 heterocycles. The van der Waals surface area contributed by atoms with Gasteiger partial charge >= 0.3 is 5.97 Å². The molecule has 0 aliphatic heterocycles. The Morgan fingerprint density at radius 2 is 2.00 bits per heavy atom. The van der Waals surface area contributed by atoms with E-state index >= 15 is 0 Å². The third-order valence-electron chi connectivity index (χ3n) is 2.92. The second-order valence-electron chi connectivity index (χ2n) is 3.97. The fourth-order valence-corrected chi connectivity index (χ4v) is 1.92. The second-order valence-corrected chi connectivity index (χ2v) is 3.97. The van der Waals surface area contributed by atoms with Gasteiger partial charge in [-0.25, -0.2) is 0 Å². The monoisotopic (exact) mass is 198 g/mol. The molecular formula is C11H18O3. The van der Waals surface area contributed by atoms with E-state index in [1.54, 1.807) is 6.92 Å². The molecule has 0 saturated heterocycles. The summed E-state index contributed by atoms with van der Waals surface area (Å²) in [6.07, 6.45) is 1.96. The Morgan fingerprint density at radius 3 is 2.36 bits per heavy atom. The van der Waals surface area contributed by atoms with E-state index in [2.05, 4.69) is 0 Å². The molecule has 0 amide bonds. The summed E-state index contributed by atoms with van der Waals surface area (Å²) in [5.41, 5.74) is -0.772. The standard InChI is InChI=1S/C11H18O3/c1-4-6-9(12)11(7-8(11)3)10(13)14-5-2/h8H,4-7H2,1-3H3. The van der Waals surface area contributed by atoms with E-state index in [0.29, 0.717) is 19.4 Å². The van der Waals surface area contributed by atoms with E-state index < -0.39 is 5.41 Å². The summed E-state index contributed by atoms with van der Waals surface area (Å²) in [4.78, 5) is 23.4. The Bertz CT molecular complexity index is 227. The van der Waals surface area contributed by atoms with Crippen molar-refractivity contribution >= 4 is 11.8 Å². The van der Waals surface area contributed by atoms with Crippen molar-refractivity contribution in [3.63, 3.8) is 0 Å². The van der Waals surface area contributed by atoms with Gasteiger partial charge in [-0.05, 0) is 25.7 Å². The Labute approximate surface area is 84.8 Å². The van der Waals surface area contributed by atoms with Gasteiger partial charge < -0.3 is 4.74 Å². The van der Waals surface area contributed by atoms with Gasteiger partial charge in [-0.3, -0.25) is 9.59 Å². The molecule has 0 aromatic heterocycles. The van der Waals surface area contributed by atoms with E-state index in [9.17, 15) is 9.59 Å². The largest absolute Gasteiger partial charge is 0.465 e. The molecule has 1 saturated carbocycles. The summed E-state index contributed by atoms with van der Waals surface area (Å²) in [7, 11) is 0. The number of hydrogen-bond donors (Lipinski definition) is 0. The first-order valence-electron chi connectivity index (χ1n) is 5.30. The summed E-state index contributed by atoms with van der Waals surface area (Å²) in [6, 6.07) is 0. The van der Waals surface area contributed by atoms with E-state index in [0.717, 1.165) is 6.42 Å². The zero-order valence-corrected chi connectivity index (χ0v) is 9.13. The summed E-state index contributed by atoms with van der Waals surface area (Å²) in [5.74, 6) is -0.0856. The van der Waals surface area contributed by atoms with Crippen LogP contribution in [0.5, 0.6) is 0 Å². The quantitative estimate of drug-likeness (QED) is 0.501. The van der Waals surface area contributed by atoms with E-state index in [1.165, 1.54) is 0 Å². The molecule has 2 unspecified atom stereocenters. The highest BCUT2D eigenvalue weighted by Gasteiger charge is 2.63. The molecule has 1 aliphatic rings. The fraction of sp³-hybridized carbons (Fsp3) is 0.818. The van der Waals surface area contributed by atoms with Crippen molar-refractivity contribution < 1.29 is 14.3 Å². The number of carbonyl (C=O) groups is 2. The van der Waals surface area contributed by atoms with Crippen LogP contribution in [-0.4, -0.2) is 18.4 Å². The lowest BCUT2D eigenvalue weighted by Crippen LogP contribution is -2.29. The molecule has 1 aliphatic carbocycles. The van der Waals surface area contributed by atoms with Crippen molar-refractivity contribution in [3.8, 4) is 0 Å². The van der Waals surface area contributed by atoms with Gasteiger partial charge in [0.05, 0.1) is 6.61 Å². The Balaban J connectivity index is 2.68. The number of carbonyl (C=O) groups excluding carboxylic acids is 2. The highest BCUT2D eigenvalue weighted by molar-refractivity contribution is 6.07. The van der Waals surface area contributed by atoms with Crippen LogP contribution in [0.15, 0.2) is 0 Å². The van der Waals surface area contributed by atoms with Crippen molar-refractivity contribution in [3.05, 3.63) is 0 Å². The fourth-order valence-electron chi connectivity index (χ4n) is 1.92. The normalized spacial score (nSPS) is 29.8. The topological polar surface area (TPSA) is 43.4 Å². The first-order valence-corrected chi connectivity index (χ1v) is 5.30. The van der Waals surface area contributed by atoms with Crippen LogP contribution in [-0.2, 0) is 14.3 Å². The molecule has 14 heavy (non-hydrogen) atoms. The van der Waals surface area contributed by atoms with Crippen LogP contribution in [0.1, 0.15) is 40.0 Å². The van der Waals surface area contributed by atoms with Crippen molar-refractivity contribution in [2.75, 3.05) is 6.61 Å². The zero-order chi connectivity index (χ0) is 10.8. The summed E-state index contributed by atoms with van der Waals surface area (Å²) >= 11 is 0. The molecule has 0 bridgehead atoms. The van der Waals surface area contributed by atoms with Crippen LogP contribution in [0.25, 0.3) is 0 Å². The highest BCUT2D eigenvalue weighted by atomic mass is 16.5. The van der Waals surface area contributed by atoms with Gasteiger partial charge in [0.1, 0.15) is 11.2 Å². The first kappa shape index (κ1) is 11.2. The predicted molar refractivity (Wildman–Crippen MR) is 52.8 cm³/mol. The third kappa shape index (κ3) is 1.68. The van der Waals surface area contributed by atoms with Gasteiger partial charge in [-0.15, -0.1) is 0 Å². The number of ether oxygens (including phenoxy) is 1. The lowest BCUT2D eigenvalue weighted by Gasteiger charge is -2.13. The molecule has 80 valence electrons. The number of ketones is 1. The summed E-state index contributed by atoms with van der Waals surface area (Å²) in [6.45, 7) is 6.00. The molecule has 0 spiro atoms. The highest BCUT2D eigenvalue weighted by Crippen LogP contribution is 2.54. The molecule has 0 aromatic carbocycles. The van der Waals surface area contributed by atoms with Crippen molar-refractivity contribution in [1.29, 1.82) is 0 Å². The van der Waals surface area contributed by atoms with Gasteiger partial charge in [-0.2, -0.15) is 0 Å². The number of rotatable bonds is 5. The molecule has 3 nitrogen and oxygen atoms in total. The maximum absolute atomic E-state index is 11.8. The molecule has 1 fully saturated rings. The zero-order valence-electron chi connectivity index (χ0n) is 9.13. The van der Waals surface area contributed by atoms with Gasteiger partial charge in [0.25, 0.3) is 0 Å². The summed E-state index contributed by atoms with van der Waals surface area (Å²) < 4.78 is 4.95. The van der Waals surface area contributed by atoms with Gasteiger partial charge in [-0.1, -0.05) is 13.8 Å². The van der Waals surface area contributed by atoms with Crippen LogP contribution in [0, 0.1) is 11.3 Å². The Morgan fingerprint density at radius 1 is 1.43 bits per heavy atom. The Hall–Kier alpha value is -0.860.